The Bertz CT molecular complexity index is 591. The second kappa shape index (κ2) is 7.26. The Kier molecular flexibility index (Phi) is 4.90. The van der Waals surface area contributed by atoms with E-state index >= 15 is 0 Å². The van der Waals surface area contributed by atoms with Crippen molar-refractivity contribution < 1.29 is 4.79 Å². The molecule has 2 amide bonds. The number of nitrogens with one attached hydrogen (secondary N) is 2. The minimum absolute atomic E-state index is 0.188. The van der Waals surface area contributed by atoms with Crippen LogP contribution in [0.2, 0.25) is 0 Å². The molecular formula is C16H20N4OS. The molecule has 2 aromatic rings. The average molecular weight is 316 g/mol. The van der Waals surface area contributed by atoms with E-state index in [1.54, 1.807) is 17.5 Å². The quantitative estimate of drug-likeness (QED) is 0.891. The lowest BCUT2D eigenvalue weighted by Gasteiger charge is -2.16. The van der Waals surface area contributed by atoms with Gasteiger partial charge >= 0.3 is 6.03 Å². The zero-order chi connectivity index (χ0) is 15.2. The maximum atomic E-state index is 11.8. The summed E-state index contributed by atoms with van der Waals surface area (Å²) in [6.07, 6.45) is 5.03. The largest absolute Gasteiger partial charge is 0.357 e. The molecular weight excluding hydrogens is 296 g/mol. The molecule has 1 aliphatic rings. The van der Waals surface area contributed by atoms with Crippen LogP contribution in [0.3, 0.4) is 0 Å². The molecule has 0 aromatic carbocycles. The van der Waals surface area contributed by atoms with E-state index in [4.69, 9.17) is 0 Å². The number of hydrogen-bond donors (Lipinski definition) is 2. The number of nitrogens with zero attached hydrogens (tertiary/aromatic N) is 2. The highest BCUT2D eigenvalue weighted by atomic mass is 32.1. The Morgan fingerprint density at radius 2 is 2.14 bits per heavy atom. The molecule has 1 aliphatic heterocycles. The van der Waals surface area contributed by atoms with Crippen LogP contribution in [0.5, 0.6) is 0 Å². The number of rotatable bonds is 5. The molecule has 2 N–H and O–H groups in total. The van der Waals surface area contributed by atoms with Crippen molar-refractivity contribution in [3.05, 3.63) is 40.7 Å². The van der Waals surface area contributed by atoms with E-state index in [1.807, 2.05) is 23.6 Å². The summed E-state index contributed by atoms with van der Waals surface area (Å²) in [6, 6.07) is 7.78. The van der Waals surface area contributed by atoms with Crippen molar-refractivity contribution in [1.82, 2.24) is 10.3 Å². The van der Waals surface area contributed by atoms with Crippen molar-refractivity contribution in [2.45, 2.75) is 19.3 Å². The lowest BCUT2D eigenvalue weighted by molar-refractivity contribution is 0.252. The average Bonchev–Trinajstić information content (AvgIpc) is 3.21. The Balaban J connectivity index is 1.44. The Hall–Kier alpha value is -2.08. The number of amides is 2. The summed E-state index contributed by atoms with van der Waals surface area (Å²) in [4.78, 5) is 19.8. The first-order valence-corrected chi connectivity index (χ1v) is 8.47. The van der Waals surface area contributed by atoms with Crippen LogP contribution in [0.25, 0.3) is 0 Å². The van der Waals surface area contributed by atoms with Crippen molar-refractivity contribution in [3.63, 3.8) is 0 Å². The molecule has 0 unspecified atom stereocenters. The van der Waals surface area contributed by atoms with Crippen LogP contribution in [0, 0.1) is 0 Å². The van der Waals surface area contributed by atoms with Crippen molar-refractivity contribution in [2.75, 3.05) is 29.9 Å². The van der Waals surface area contributed by atoms with Gasteiger partial charge in [0, 0.05) is 24.5 Å². The summed E-state index contributed by atoms with van der Waals surface area (Å²) in [5, 5.41) is 7.71. The molecule has 2 aromatic heterocycles. The van der Waals surface area contributed by atoms with Gasteiger partial charge in [0.2, 0.25) is 0 Å². The maximum absolute atomic E-state index is 11.8. The van der Waals surface area contributed by atoms with E-state index in [0.717, 1.165) is 31.0 Å². The third kappa shape index (κ3) is 3.98. The van der Waals surface area contributed by atoms with Gasteiger partial charge in [-0.25, -0.2) is 9.78 Å². The molecule has 3 rings (SSSR count). The van der Waals surface area contributed by atoms with Gasteiger partial charge in [0.1, 0.15) is 5.82 Å². The SMILES string of the molecule is O=C(NCCc1cccs1)Nc1ccc(N2CCCC2)nc1. The topological polar surface area (TPSA) is 57.3 Å². The predicted molar refractivity (Wildman–Crippen MR) is 90.7 cm³/mol. The van der Waals surface area contributed by atoms with E-state index in [0.29, 0.717) is 6.54 Å². The van der Waals surface area contributed by atoms with Gasteiger partial charge in [0.25, 0.3) is 0 Å². The molecule has 0 saturated carbocycles. The molecule has 0 aliphatic carbocycles. The van der Waals surface area contributed by atoms with Crippen molar-refractivity contribution in [3.8, 4) is 0 Å². The van der Waals surface area contributed by atoms with E-state index < -0.39 is 0 Å². The standard InChI is InChI=1S/C16H20N4OS/c21-16(17-8-7-14-4-3-11-22-14)19-13-5-6-15(18-12-13)20-9-1-2-10-20/h3-6,11-12H,1-2,7-10H2,(H2,17,19,21). The molecule has 0 radical (unpaired) electrons. The highest BCUT2D eigenvalue weighted by molar-refractivity contribution is 7.09. The Morgan fingerprint density at radius 3 is 2.82 bits per heavy atom. The van der Waals surface area contributed by atoms with E-state index in [-0.39, 0.29) is 6.03 Å². The van der Waals surface area contributed by atoms with Crippen LogP contribution < -0.4 is 15.5 Å². The zero-order valence-electron chi connectivity index (χ0n) is 12.4. The highest BCUT2D eigenvalue weighted by Gasteiger charge is 2.13. The summed E-state index contributed by atoms with van der Waals surface area (Å²) in [5.74, 6) is 0.987. The minimum atomic E-state index is -0.188. The first-order chi connectivity index (χ1) is 10.8. The summed E-state index contributed by atoms with van der Waals surface area (Å²) in [6.45, 7) is 2.78. The van der Waals surface area contributed by atoms with Gasteiger partial charge < -0.3 is 15.5 Å². The number of anilines is 2. The number of thiophene rings is 1. The minimum Gasteiger partial charge on any atom is -0.357 e. The normalized spacial score (nSPS) is 14.1. The number of hydrogen-bond acceptors (Lipinski definition) is 4. The molecule has 116 valence electrons. The molecule has 1 saturated heterocycles. The third-order valence-electron chi connectivity index (χ3n) is 3.67. The fourth-order valence-corrected chi connectivity index (χ4v) is 3.23. The maximum Gasteiger partial charge on any atom is 0.319 e. The number of carbonyl (C=O) groups excluding carboxylic acids is 1. The van der Waals surface area contributed by atoms with Crippen LogP contribution in [0.4, 0.5) is 16.3 Å². The van der Waals surface area contributed by atoms with Crippen molar-refractivity contribution >= 4 is 28.9 Å². The molecule has 3 heterocycles. The first kappa shape index (κ1) is 14.8. The molecule has 0 bridgehead atoms. The third-order valence-corrected chi connectivity index (χ3v) is 4.61. The second-order valence-corrected chi connectivity index (χ2v) is 6.34. The van der Waals surface area contributed by atoms with Gasteiger partial charge in [0.05, 0.1) is 11.9 Å². The monoisotopic (exact) mass is 316 g/mol. The van der Waals surface area contributed by atoms with Crippen LogP contribution in [-0.4, -0.2) is 30.6 Å². The van der Waals surface area contributed by atoms with E-state index in [2.05, 4.69) is 26.6 Å². The summed E-state index contributed by atoms with van der Waals surface area (Å²) in [7, 11) is 0. The van der Waals surface area contributed by atoms with Gasteiger partial charge in [-0.3, -0.25) is 0 Å². The van der Waals surface area contributed by atoms with Crippen LogP contribution in [0.1, 0.15) is 17.7 Å². The van der Waals surface area contributed by atoms with Gasteiger partial charge in [-0.05, 0) is 42.8 Å². The summed E-state index contributed by atoms with van der Waals surface area (Å²) in [5.41, 5.74) is 0.719. The number of urea groups is 1. The zero-order valence-corrected chi connectivity index (χ0v) is 13.2. The lowest BCUT2D eigenvalue weighted by Crippen LogP contribution is -2.30. The van der Waals surface area contributed by atoms with Gasteiger partial charge in [-0.15, -0.1) is 11.3 Å². The Labute approximate surface area is 134 Å². The Morgan fingerprint density at radius 1 is 1.27 bits per heavy atom. The number of carbonyl (C=O) groups is 1. The second-order valence-electron chi connectivity index (χ2n) is 5.31. The molecule has 22 heavy (non-hydrogen) atoms. The van der Waals surface area contributed by atoms with Crippen molar-refractivity contribution in [2.24, 2.45) is 0 Å². The molecule has 1 fully saturated rings. The van der Waals surface area contributed by atoms with Crippen molar-refractivity contribution in [1.29, 1.82) is 0 Å². The fraction of sp³-hybridized carbons (Fsp3) is 0.375. The van der Waals surface area contributed by atoms with Crippen LogP contribution in [-0.2, 0) is 6.42 Å². The van der Waals surface area contributed by atoms with Crippen LogP contribution >= 0.6 is 11.3 Å². The van der Waals surface area contributed by atoms with E-state index in [9.17, 15) is 4.79 Å². The molecule has 5 nitrogen and oxygen atoms in total. The lowest BCUT2D eigenvalue weighted by atomic mass is 10.3. The number of aromatic nitrogens is 1. The number of pyridine rings is 1. The van der Waals surface area contributed by atoms with E-state index in [1.165, 1.54) is 17.7 Å². The first-order valence-electron chi connectivity index (χ1n) is 7.59. The predicted octanol–water partition coefficient (Wildman–Crippen LogP) is 3.11. The van der Waals surface area contributed by atoms with Crippen LogP contribution in [0.15, 0.2) is 35.8 Å². The summed E-state index contributed by atoms with van der Waals surface area (Å²) < 4.78 is 0. The molecule has 6 heteroatoms. The van der Waals surface area contributed by atoms with Gasteiger partial charge in [-0.2, -0.15) is 0 Å². The van der Waals surface area contributed by atoms with Gasteiger partial charge in [0.15, 0.2) is 0 Å². The molecule has 0 spiro atoms. The van der Waals surface area contributed by atoms with Gasteiger partial charge in [-0.1, -0.05) is 6.07 Å². The smallest absolute Gasteiger partial charge is 0.319 e. The summed E-state index contributed by atoms with van der Waals surface area (Å²) >= 11 is 1.71. The fourth-order valence-electron chi connectivity index (χ4n) is 2.52. The molecule has 0 atom stereocenters. The highest BCUT2D eigenvalue weighted by Crippen LogP contribution is 2.18.